The van der Waals surface area contributed by atoms with Crippen LogP contribution in [0, 0.1) is 0 Å². The molecule has 1 aromatic carbocycles. The highest BCUT2D eigenvalue weighted by atomic mass is 79.9. The second-order valence-electron chi connectivity index (χ2n) is 5.15. The minimum absolute atomic E-state index is 0.263. The Morgan fingerprint density at radius 3 is 2.48 bits per heavy atom. The predicted octanol–water partition coefficient (Wildman–Crippen LogP) is 4.51. The van der Waals surface area contributed by atoms with Gasteiger partial charge in [0.2, 0.25) is 0 Å². The number of hydrogen-bond acceptors (Lipinski definition) is 2. The monoisotopic (exact) mass is 349 g/mol. The minimum atomic E-state index is 0.263. The molecule has 0 bridgehead atoms. The van der Waals surface area contributed by atoms with E-state index in [1.807, 2.05) is 6.20 Å². The van der Waals surface area contributed by atoms with E-state index in [4.69, 9.17) is 0 Å². The van der Waals surface area contributed by atoms with Crippen molar-refractivity contribution in [3.8, 4) is 0 Å². The van der Waals surface area contributed by atoms with Crippen LogP contribution in [0.5, 0.6) is 0 Å². The van der Waals surface area contributed by atoms with Gasteiger partial charge >= 0.3 is 0 Å². The highest BCUT2D eigenvalue weighted by Crippen LogP contribution is 2.36. The first kappa shape index (κ1) is 16.2. The highest BCUT2D eigenvalue weighted by Gasteiger charge is 2.27. The van der Waals surface area contributed by atoms with E-state index in [-0.39, 0.29) is 6.04 Å². The third kappa shape index (κ3) is 3.55. The van der Waals surface area contributed by atoms with Crippen molar-refractivity contribution in [3.63, 3.8) is 0 Å². The number of benzene rings is 1. The van der Waals surface area contributed by atoms with Gasteiger partial charge in [0.05, 0.1) is 22.4 Å². The molecule has 2 aromatic rings. The normalized spacial score (nSPS) is 14.1. The second kappa shape index (κ2) is 7.76. The van der Waals surface area contributed by atoms with Crippen molar-refractivity contribution in [1.29, 1.82) is 0 Å². The Labute approximate surface area is 135 Å². The van der Waals surface area contributed by atoms with E-state index in [9.17, 15) is 0 Å². The lowest BCUT2D eigenvalue weighted by molar-refractivity contribution is 0.412. The molecule has 0 aliphatic carbocycles. The predicted molar refractivity (Wildman–Crippen MR) is 91.5 cm³/mol. The molecule has 0 aliphatic rings. The van der Waals surface area contributed by atoms with Gasteiger partial charge in [-0.3, -0.25) is 4.68 Å². The average molecular weight is 350 g/mol. The molecule has 0 radical (unpaired) electrons. The van der Waals surface area contributed by atoms with E-state index in [1.54, 1.807) is 0 Å². The summed E-state index contributed by atoms with van der Waals surface area (Å²) < 4.78 is 3.17. The Kier molecular flexibility index (Phi) is 6.00. The van der Waals surface area contributed by atoms with Crippen LogP contribution in [0.3, 0.4) is 0 Å². The van der Waals surface area contributed by atoms with Crippen molar-refractivity contribution >= 4 is 15.9 Å². The van der Waals surface area contributed by atoms with Crippen LogP contribution in [0.2, 0.25) is 0 Å². The molecule has 1 N–H and O–H groups in total. The van der Waals surface area contributed by atoms with E-state index in [0.29, 0.717) is 5.92 Å². The van der Waals surface area contributed by atoms with Crippen molar-refractivity contribution in [2.24, 2.45) is 0 Å². The lowest BCUT2D eigenvalue weighted by atomic mass is 9.87. The topological polar surface area (TPSA) is 29.9 Å². The van der Waals surface area contributed by atoms with Crippen molar-refractivity contribution < 1.29 is 0 Å². The van der Waals surface area contributed by atoms with Gasteiger partial charge in [0.25, 0.3) is 0 Å². The SMILES string of the molecule is CCNC(c1c(Br)cnn1CC)C(CC)c1ccccc1. The van der Waals surface area contributed by atoms with Gasteiger partial charge < -0.3 is 5.32 Å². The third-order valence-electron chi connectivity index (χ3n) is 3.92. The number of halogens is 1. The van der Waals surface area contributed by atoms with Crippen molar-refractivity contribution in [2.45, 2.75) is 45.7 Å². The summed E-state index contributed by atoms with van der Waals surface area (Å²) in [5, 5.41) is 8.14. The van der Waals surface area contributed by atoms with Gasteiger partial charge in [0.15, 0.2) is 0 Å². The van der Waals surface area contributed by atoms with E-state index < -0.39 is 0 Å². The molecule has 1 heterocycles. The number of nitrogens with one attached hydrogen (secondary N) is 1. The molecule has 114 valence electrons. The molecule has 0 saturated heterocycles. The molecule has 0 spiro atoms. The number of nitrogens with zero attached hydrogens (tertiary/aromatic N) is 2. The molecule has 2 atom stereocenters. The Morgan fingerprint density at radius 1 is 1.19 bits per heavy atom. The number of aromatic nitrogens is 2. The molecule has 1 aromatic heterocycles. The van der Waals surface area contributed by atoms with Gasteiger partial charge in [-0.2, -0.15) is 5.10 Å². The number of aryl methyl sites for hydroxylation is 1. The smallest absolute Gasteiger partial charge is 0.0701 e. The lowest BCUT2D eigenvalue weighted by Crippen LogP contribution is -2.29. The Balaban J connectivity index is 2.43. The minimum Gasteiger partial charge on any atom is -0.308 e. The molecule has 2 rings (SSSR count). The first-order valence-corrected chi connectivity index (χ1v) is 8.51. The molecule has 2 unspecified atom stereocenters. The first-order chi connectivity index (χ1) is 10.2. The zero-order chi connectivity index (χ0) is 15.2. The quantitative estimate of drug-likeness (QED) is 0.796. The number of likely N-dealkylation sites (N-methyl/N-ethyl adjacent to an activating group) is 1. The summed E-state index contributed by atoms with van der Waals surface area (Å²) >= 11 is 3.68. The maximum atomic E-state index is 4.48. The Hall–Kier alpha value is -1.13. The number of rotatable bonds is 7. The standard InChI is InChI=1S/C17H24BrN3/c1-4-14(13-10-8-7-9-11-13)16(19-5-2)17-15(18)12-20-21(17)6-3/h7-12,14,16,19H,4-6H2,1-3H3. The van der Waals surface area contributed by atoms with Crippen LogP contribution in [0.1, 0.15) is 50.4 Å². The maximum Gasteiger partial charge on any atom is 0.0701 e. The molecular formula is C17H24BrN3. The maximum absolute atomic E-state index is 4.48. The van der Waals surface area contributed by atoms with Gasteiger partial charge in [-0.05, 0) is 41.4 Å². The second-order valence-corrected chi connectivity index (χ2v) is 6.01. The van der Waals surface area contributed by atoms with E-state index >= 15 is 0 Å². The molecule has 4 heteroatoms. The zero-order valence-corrected chi connectivity index (χ0v) is 14.6. The van der Waals surface area contributed by atoms with Crippen LogP contribution < -0.4 is 5.32 Å². The van der Waals surface area contributed by atoms with E-state index in [2.05, 4.69) is 82.1 Å². The molecule has 21 heavy (non-hydrogen) atoms. The van der Waals surface area contributed by atoms with Crippen LogP contribution in [0.25, 0.3) is 0 Å². The van der Waals surface area contributed by atoms with E-state index in [1.165, 1.54) is 11.3 Å². The Bertz CT molecular complexity index is 550. The van der Waals surface area contributed by atoms with Crippen LogP contribution >= 0.6 is 15.9 Å². The summed E-state index contributed by atoms with van der Waals surface area (Å²) in [5.41, 5.74) is 2.62. The summed E-state index contributed by atoms with van der Waals surface area (Å²) in [7, 11) is 0. The van der Waals surface area contributed by atoms with E-state index in [0.717, 1.165) is 24.0 Å². The molecular weight excluding hydrogens is 326 g/mol. The van der Waals surface area contributed by atoms with Crippen LogP contribution in [-0.2, 0) is 6.54 Å². The summed E-state index contributed by atoms with van der Waals surface area (Å²) in [4.78, 5) is 0. The summed E-state index contributed by atoms with van der Waals surface area (Å²) in [6, 6.07) is 11.0. The van der Waals surface area contributed by atoms with Gasteiger partial charge in [-0.1, -0.05) is 44.2 Å². The van der Waals surface area contributed by atoms with Gasteiger partial charge in [0, 0.05) is 12.5 Å². The van der Waals surface area contributed by atoms with Crippen LogP contribution in [0.4, 0.5) is 0 Å². The average Bonchev–Trinajstić information content (AvgIpc) is 2.89. The van der Waals surface area contributed by atoms with Crippen molar-refractivity contribution in [2.75, 3.05) is 6.54 Å². The fourth-order valence-electron chi connectivity index (χ4n) is 2.95. The molecule has 0 saturated carbocycles. The first-order valence-electron chi connectivity index (χ1n) is 7.72. The number of hydrogen-bond donors (Lipinski definition) is 1. The molecule has 0 aliphatic heterocycles. The van der Waals surface area contributed by atoms with Crippen LogP contribution in [-0.4, -0.2) is 16.3 Å². The van der Waals surface area contributed by atoms with Gasteiger partial charge in [0.1, 0.15) is 0 Å². The van der Waals surface area contributed by atoms with Crippen molar-refractivity contribution in [1.82, 2.24) is 15.1 Å². The fourth-order valence-corrected chi connectivity index (χ4v) is 3.49. The van der Waals surface area contributed by atoms with Gasteiger partial charge in [-0.25, -0.2) is 0 Å². The molecule has 3 nitrogen and oxygen atoms in total. The molecule has 0 amide bonds. The lowest BCUT2D eigenvalue weighted by Gasteiger charge is -2.28. The summed E-state index contributed by atoms with van der Waals surface area (Å²) in [6.45, 7) is 8.37. The Morgan fingerprint density at radius 2 is 1.90 bits per heavy atom. The van der Waals surface area contributed by atoms with Crippen LogP contribution in [0.15, 0.2) is 41.0 Å². The molecule has 0 fully saturated rings. The summed E-state index contributed by atoms with van der Waals surface area (Å²) in [6.07, 6.45) is 2.99. The third-order valence-corrected chi connectivity index (χ3v) is 4.53. The van der Waals surface area contributed by atoms with Crippen molar-refractivity contribution in [3.05, 3.63) is 52.3 Å². The van der Waals surface area contributed by atoms with Gasteiger partial charge in [-0.15, -0.1) is 0 Å². The zero-order valence-electron chi connectivity index (χ0n) is 13.0. The summed E-state index contributed by atoms with van der Waals surface area (Å²) in [5.74, 6) is 0.435. The fraction of sp³-hybridized carbons (Fsp3) is 0.471. The highest BCUT2D eigenvalue weighted by molar-refractivity contribution is 9.10. The largest absolute Gasteiger partial charge is 0.308 e.